The molecule has 0 saturated heterocycles. The number of aromatic nitrogens is 2. The van der Waals surface area contributed by atoms with E-state index < -0.39 is 11.9 Å². The number of carbonyl (C=O) groups is 2. The SMILES string of the molecule is C=CCN(CC=C)C(=O)C(C)NC(=O)c1ccn(COc2cc(C)cc(C)c2)n1. The number of aryl methyl sites for hydroxylation is 2. The summed E-state index contributed by atoms with van der Waals surface area (Å²) in [6, 6.07) is 6.84. The normalized spacial score (nSPS) is 11.4. The van der Waals surface area contributed by atoms with Crippen molar-refractivity contribution in [3.05, 3.63) is 72.6 Å². The molecule has 0 aliphatic rings. The Kier molecular flexibility index (Phi) is 7.77. The lowest BCUT2D eigenvalue weighted by atomic mass is 10.1. The smallest absolute Gasteiger partial charge is 0.272 e. The van der Waals surface area contributed by atoms with E-state index in [9.17, 15) is 9.59 Å². The van der Waals surface area contributed by atoms with Crippen molar-refractivity contribution >= 4 is 11.8 Å². The summed E-state index contributed by atoms with van der Waals surface area (Å²) in [5.41, 5.74) is 2.44. The fraction of sp³-hybridized carbons (Fsp3) is 0.318. The summed E-state index contributed by atoms with van der Waals surface area (Å²) in [6.45, 7) is 13.9. The molecule has 0 spiro atoms. The highest BCUT2D eigenvalue weighted by Gasteiger charge is 2.22. The Morgan fingerprint density at radius 2 is 1.83 bits per heavy atom. The molecule has 2 amide bonds. The van der Waals surface area contributed by atoms with E-state index in [0.29, 0.717) is 13.1 Å². The van der Waals surface area contributed by atoms with E-state index in [-0.39, 0.29) is 18.3 Å². The van der Waals surface area contributed by atoms with E-state index in [1.165, 1.54) is 4.68 Å². The molecule has 1 aromatic heterocycles. The first-order chi connectivity index (χ1) is 13.8. The van der Waals surface area contributed by atoms with Gasteiger partial charge in [0.15, 0.2) is 6.73 Å². The number of hydrogen-bond donors (Lipinski definition) is 1. The third-order valence-electron chi connectivity index (χ3n) is 4.16. The van der Waals surface area contributed by atoms with Crippen LogP contribution in [0.25, 0.3) is 0 Å². The number of carbonyl (C=O) groups excluding carboxylic acids is 2. The molecule has 0 radical (unpaired) electrons. The first kappa shape index (κ1) is 21.9. The summed E-state index contributed by atoms with van der Waals surface area (Å²) in [7, 11) is 0. The first-order valence-electron chi connectivity index (χ1n) is 9.40. The molecule has 2 aromatic rings. The van der Waals surface area contributed by atoms with Crippen LogP contribution in [0.1, 0.15) is 28.5 Å². The van der Waals surface area contributed by atoms with E-state index in [0.717, 1.165) is 16.9 Å². The average molecular weight is 396 g/mol. The van der Waals surface area contributed by atoms with Crippen molar-refractivity contribution < 1.29 is 14.3 Å². The molecule has 1 aromatic carbocycles. The van der Waals surface area contributed by atoms with Crippen LogP contribution in [0.5, 0.6) is 5.75 Å². The molecule has 1 N–H and O–H groups in total. The van der Waals surface area contributed by atoms with E-state index in [1.54, 1.807) is 36.2 Å². The largest absolute Gasteiger partial charge is 0.471 e. The van der Waals surface area contributed by atoms with Crippen LogP contribution in [0.2, 0.25) is 0 Å². The molecule has 7 nitrogen and oxygen atoms in total. The van der Waals surface area contributed by atoms with Gasteiger partial charge in [0.1, 0.15) is 17.5 Å². The Balaban J connectivity index is 1.94. The summed E-state index contributed by atoms with van der Waals surface area (Å²) in [4.78, 5) is 26.5. The molecule has 0 bridgehead atoms. The monoisotopic (exact) mass is 396 g/mol. The molecular weight excluding hydrogens is 368 g/mol. The fourth-order valence-electron chi connectivity index (χ4n) is 2.88. The van der Waals surface area contributed by atoms with Gasteiger partial charge in [-0.3, -0.25) is 9.59 Å². The van der Waals surface area contributed by atoms with Crippen molar-refractivity contribution in [2.45, 2.75) is 33.5 Å². The van der Waals surface area contributed by atoms with Crippen LogP contribution >= 0.6 is 0 Å². The number of nitrogens with zero attached hydrogens (tertiary/aromatic N) is 3. The predicted molar refractivity (Wildman–Crippen MR) is 113 cm³/mol. The van der Waals surface area contributed by atoms with Gasteiger partial charge in [0.25, 0.3) is 5.91 Å². The summed E-state index contributed by atoms with van der Waals surface area (Å²) < 4.78 is 7.27. The van der Waals surface area contributed by atoms with E-state index in [4.69, 9.17) is 4.74 Å². The van der Waals surface area contributed by atoms with Crippen molar-refractivity contribution in [1.82, 2.24) is 20.0 Å². The summed E-state index contributed by atoms with van der Waals surface area (Å²) in [6.07, 6.45) is 4.92. The Hall–Kier alpha value is -3.35. The van der Waals surface area contributed by atoms with E-state index in [1.807, 2.05) is 26.0 Å². The maximum atomic E-state index is 12.5. The molecule has 0 fully saturated rings. The lowest BCUT2D eigenvalue weighted by molar-refractivity contribution is -0.131. The second-order valence-electron chi connectivity index (χ2n) is 6.85. The Labute approximate surface area is 171 Å². The van der Waals surface area contributed by atoms with Gasteiger partial charge >= 0.3 is 0 Å². The standard InChI is InChI=1S/C22H28N4O3/c1-6-9-25(10-7-2)22(28)18(5)23-21(27)20-8-11-26(24-20)15-29-19-13-16(3)12-17(4)14-19/h6-8,11-14,18H,1-2,9-10,15H2,3-5H3,(H,23,27). The van der Waals surface area contributed by atoms with Crippen LogP contribution < -0.4 is 10.1 Å². The highest BCUT2D eigenvalue weighted by Crippen LogP contribution is 2.16. The average Bonchev–Trinajstić information content (AvgIpc) is 3.14. The van der Waals surface area contributed by atoms with Crippen molar-refractivity contribution in [3.63, 3.8) is 0 Å². The molecule has 1 unspecified atom stereocenters. The zero-order valence-electron chi connectivity index (χ0n) is 17.2. The lowest BCUT2D eigenvalue weighted by Crippen LogP contribution is -2.47. The summed E-state index contributed by atoms with van der Waals surface area (Å²) >= 11 is 0. The van der Waals surface area contributed by atoms with Gasteiger partial charge in [0.05, 0.1) is 0 Å². The van der Waals surface area contributed by atoms with Gasteiger partial charge < -0.3 is 15.0 Å². The summed E-state index contributed by atoms with van der Waals surface area (Å²) in [5.74, 6) is 0.108. The molecule has 1 atom stereocenters. The molecule has 0 aliphatic carbocycles. The zero-order chi connectivity index (χ0) is 21.4. The zero-order valence-corrected chi connectivity index (χ0v) is 17.2. The van der Waals surface area contributed by atoms with Gasteiger partial charge in [-0.1, -0.05) is 18.2 Å². The van der Waals surface area contributed by atoms with Gasteiger partial charge in [-0.15, -0.1) is 13.2 Å². The summed E-state index contributed by atoms with van der Waals surface area (Å²) in [5, 5.41) is 6.90. The van der Waals surface area contributed by atoms with Crippen LogP contribution in [0.15, 0.2) is 55.8 Å². The van der Waals surface area contributed by atoms with Gasteiger partial charge in [-0.25, -0.2) is 4.68 Å². The van der Waals surface area contributed by atoms with E-state index in [2.05, 4.69) is 29.6 Å². The van der Waals surface area contributed by atoms with Crippen molar-refractivity contribution in [3.8, 4) is 5.75 Å². The lowest BCUT2D eigenvalue weighted by Gasteiger charge is -2.23. The number of amides is 2. The maximum Gasteiger partial charge on any atom is 0.272 e. The number of nitrogens with one attached hydrogen (secondary N) is 1. The molecule has 0 saturated carbocycles. The molecular formula is C22H28N4O3. The minimum absolute atomic E-state index is 0.178. The van der Waals surface area contributed by atoms with Crippen LogP contribution in [0, 0.1) is 13.8 Å². The molecule has 154 valence electrons. The third-order valence-corrected chi connectivity index (χ3v) is 4.16. The minimum atomic E-state index is -0.695. The first-order valence-corrected chi connectivity index (χ1v) is 9.40. The molecule has 0 aliphatic heterocycles. The van der Waals surface area contributed by atoms with Gasteiger partial charge in [-0.05, 0) is 50.1 Å². The predicted octanol–water partition coefficient (Wildman–Crippen LogP) is 2.86. The molecule has 1 heterocycles. The number of ether oxygens (including phenoxy) is 1. The van der Waals surface area contributed by atoms with Crippen LogP contribution in [0.3, 0.4) is 0 Å². The Morgan fingerprint density at radius 1 is 1.21 bits per heavy atom. The number of benzene rings is 1. The van der Waals surface area contributed by atoms with Crippen molar-refractivity contribution in [2.24, 2.45) is 0 Å². The van der Waals surface area contributed by atoms with Crippen LogP contribution in [0.4, 0.5) is 0 Å². The van der Waals surface area contributed by atoms with Gasteiger partial charge in [0, 0.05) is 19.3 Å². The Morgan fingerprint density at radius 3 is 2.41 bits per heavy atom. The molecule has 7 heteroatoms. The van der Waals surface area contributed by atoms with Crippen molar-refractivity contribution in [2.75, 3.05) is 13.1 Å². The number of hydrogen-bond acceptors (Lipinski definition) is 4. The Bertz CT molecular complexity index is 858. The quantitative estimate of drug-likeness (QED) is 0.627. The minimum Gasteiger partial charge on any atom is -0.471 e. The van der Waals surface area contributed by atoms with Crippen molar-refractivity contribution in [1.29, 1.82) is 0 Å². The van der Waals surface area contributed by atoms with E-state index >= 15 is 0 Å². The van der Waals surface area contributed by atoms with Gasteiger partial charge in [-0.2, -0.15) is 5.10 Å². The topological polar surface area (TPSA) is 76.5 Å². The fourth-order valence-corrected chi connectivity index (χ4v) is 2.88. The highest BCUT2D eigenvalue weighted by atomic mass is 16.5. The molecule has 2 rings (SSSR count). The second-order valence-corrected chi connectivity index (χ2v) is 6.85. The maximum absolute atomic E-state index is 12.5. The van der Waals surface area contributed by atoms with Gasteiger partial charge in [0.2, 0.25) is 5.91 Å². The van der Waals surface area contributed by atoms with Crippen LogP contribution in [-0.4, -0.2) is 45.6 Å². The molecule has 29 heavy (non-hydrogen) atoms. The highest BCUT2D eigenvalue weighted by molar-refractivity contribution is 5.95. The van der Waals surface area contributed by atoms with Crippen LogP contribution in [-0.2, 0) is 11.5 Å². The third kappa shape index (κ3) is 6.34. The number of rotatable bonds is 10. The second kappa shape index (κ2) is 10.3.